The van der Waals surface area contributed by atoms with Crippen LogP contribution in [0.4, 0.5) is 14.6 Å². The topological polar surface area (TPSA) is 72.6 Å². The number of rotatable bonds is 8. The number of aromatic nitrogens is 6. The molecule has 4 heterocycles. The molecular formula is C26H29F2N7S2. The van der Waals surface area contributed by atoms with Gasteiger partial charge in [0.1, 0.15) is 10.9 Å². The van der Waals surface area contributed by atoms with E-state index in [4.69, 9.17) is 4.98 Å². The van der Waals surface area contributed by atoms with Crippen molar-refractivity contribution in [3.63, 3.8) is 0 Å². The highest BCUT2D eigenvalue weighted by molar-refractivity contribution is 8.76. The first-order valence-corrected chi connectivity index (χ1v) is 14.5. The van der Waals surface area contributed by atoms with Crippen LogP contribution in [-0.2, 0) is 18.4 Å². The molecule has 0 unspecified atom stereocenters. The number of hydrogen-bond donors (Lipinski definition) is 0. The van der Waals surface area contributed by atoms with Crippen LogP contribution in [0, 0.1) is 0 Å². The molecule has 0 atom stereocenters. The summed E-state index contributed by atoms with van der Waals surface area (Å²) in [5, 5.41) is 9.74. The van der Waals surface area contributed by atoms with E-state index in [0.717, 1.165) is 22.8 Å². The van der Waals surface area contributed by atoms with E-state index in [1.54, 1.807) is 37.4 Å². The van der Waals surface area contributed by atoms with Crippen LogP contribution in [0.25, 0.3) is 11.2 Å². The Hall–Kier alpha value is -2.79. The third kappa shape index (κ3) is 6.04. The zero-order valence-electron chi connectivity index (χ0n) is 21.1. The van der Waals surface area contributed by atoms with Crippen molar-refractivity contribution in [3.05, 3.63) is 65.6 Å². The summed E-state index contributed by atoms with van der Waals surface area (Å²) >= 11 is 0. The lowest BCUT2D eigenvalue weighted by atomic mass is 9.96. The van der Waals surface area contributed by atoms with Crippen LogP contribution >= 0.6 is 21.6 Å². The van der Waals surface area contributed by atoms with Crippen molar-refractivity contribution in [2.24, 2.45) is 0 Å². The third-order valence-electron chi connectivity index (χ3n) is 6.16. The smallest absolute Gasteiger partial charge is 0.266 e. The molecule has 1 fully saturated rings. The summed E-state index contributed by atoms with van der Waals surface area (Å²) in [6, 6.07) is 14.2. The van der Waals surface area contributed by atoms with Crippen molar-refractivity contribution < 1.29 is 8.78 Å². The summed E-state index contributed by atoms with van der Waals surface area (Å²) in [5.41, 5.74) is 3.03. The molecule has 11 heteroatoms. The minimum absolute atomic E-state index is 0.193. The second-order valence-electron chi connectivity index (χ2n) is 10.2. The Labute approximate surface area is 222 Å². The van der Waals surface area contributed by atoms with Crippen LogP contribution in [-0.4, -0.2) is 54.7 Å². The standard InChI is InChI=1S/C26H29F2N7S2/c1-25(2,3)24-30-22(34-14-12-26(27,28)17-34)21-23(31-24)35(33-32-21)16-19-9-5-4-8-18(19)11-15-36-37-20-10-6-7-13-29-20/h4-10,13H,11-12,14-17H2,1-3H3. The molecule has 0 radical (unpaired) electrons. The number of nitrogens with zero attached hydrogens (tertiary/aromatic N) is 7. The van der Waals surface area contributed by atoms with Crippen molar-refractivity contribution in [2.45, 2.75) is 56.5 Å². The second-order valence-corrected chi connectivity index (χ2v) is 12.6. The number of aryl methyl sites for hydroxylation is 1. The Morgan fingerprint density at radius 2 is 1.81 bits per heavy atom. The monoisotopic (exact) mass is 541 g/mol. The molecule has 0 amide bonds. The van der Waals surface area contributed by atoms with Gasteiger partial charge in [-0.1, -0.05) is 67.1 Å². The van der Waals surface area contributed by atoms with Gasteiger partial charge in [0.05, 0.1) is 13.1 Å². The van der Waals surface area contributed by atoms with E-state index in [1.165, 1.54) is 5.56 Å². The maximum atomic E-state index is 14.0. The number of fused-ring (bicyclic) bond motifs is 1. The van der Waals surface area contributed by atoms with Gasteiger partial charge in [-0.25, -0.2) is 28.4 Å². The highest BCUT2D eigenvalue weighted by Gasteiger charge is 2.40. The van der Waals surface area contributed by atoms with Gasteiger partial charge in [0.25, 0.3) is 5.92 Å². The predicted octanol–water partition coefficient (Wildman–Crippen LogP) is 5.79. The number of anilines is 1. The molecule has 0 bridgehead atoms. The summed E-state index contributed by atoms with van der Waals surface area (Å²) < 4.78 is 29.8. The Morgan fingerprint density at radius 3 is 2.51 bits per heavy atom. The number of pyridine rings is 1. The summed E-state index contributed by atoms with van der Waals surface area (Å²) in [6.07, 6.45) is 2.50. The van der Waals surface area contributed by atoms with Crippen molar-refractivity contribution in [1.29, 1.82) is 0 Å². The van der Waals surface area contributed by atoms with E-state index in [2.05, 4.69) is 32.4 Å². The van der Waals surface area contributed by atoms with E-state index >= 15 is 0 Å². The number of alkyl halides is 2. The SMILES string of the molecule is CC(C)(C)c1nc(N2CCC(F)(F)C2)c2nnn(Cc3ccccc3CCSSc3ccccn3)c2n1. The zero-order valence-corrected chi connectivity index (χ0v) is 22.7. The predicted molar refractivity (Wildman–Crippen MR) is 145 cm³/mol. The van der Waals surface area contributed by atoms with Crippen molar-refractivity contribution in [3.8, 4) is 0 Å². The lowest BCUT2D eigenvalue weighted by Crippen LogP contribution is -2.27. The fourth-order valence-corrected chi connectivity index (χ4v) is 6.09. The summed E-state index contributed by atoms with van der Waals surface area (Å²) in [4.78, 5) is 15.5. The molecule has 4 aromatic rings. The Bertz CT molecular complexity index is 1370. The van der Waals surface area contributed by atoms with Crippen molar-refractivity contribution >= 4 is 38.6 Å². The van der Waals surface area contributed by atoms with Gasteiger partial charge in [0, 0.05) is 30.3 Å². The Balaban J connectivity index is 1.40. The number of benzene rings is 1. The van der Waals surface area contributed by atoms with Crippen LogP contribution in [0.2, 0.25) is 0 Å². The molecule has 0 saturated carbocycles. The van der Waals surface area contributed by atoms with E-state index in [-0.39, 0.29) is 24.9 Å². The molecule has 1 aliphatic rings. The van der Waals surface area contributed by atoms with Crippen LogP contribution in [0.15, 0.2) is 53.7 Å². The largest absolute Gasteiger partial charge is 0.348 e. The quantitative estimate of drug-likeness (QED) is 0.205. The fourth-order valence-electron chi connectivity index (χ4n) is 4.19. The van der Waals surface area contributed by atoms with E-state index in [1.807, 2.05) is 51.1 Å². The molecule has 5 rings (SSSR count). The maximum absolute atomic E-state index is 14.0. The molecule has 3 aromatic heterocycles. The lowest BCUT2D eigenvalue weighted by molar-refractivity contribution is 0.0257. The van der Waals surface area contributed by atoms with Crippen LogP contribution in [0.3, 0.4) is 0 Å². The first-order chi connectivity index (χ1) is 17.7. The van der Waals surface area contributed by atoms with Gasteiger partial charge in [-0.3, -0.25) is 0 Å². The normalized spacial score (nSPS) is 15.5. The van der Waals surface area contributed by atoms with Gasteiger partial charge < -0.3 is 4.90 Å². The lowest BCUT2D eigenvalue weighted by Gasteiger charge is -2.22. The molecule has 1 aromatic carbocycles. The van der Waals surface area contributed by atoms with E-state index in [9.17, 15) is 8.78 Å². The Morgan fingerprint density at radius 1 is 1.03 bits per heavy atom. The molecule has 0 N–H and O–H groups in total. The van der Waals surface area contributed by atoms with E-state index in [0.29, 0.717) is 29.4 Å². The molecule has 1 saturated heterocycles. The third-order valence-corrected chi connectivity index (χ3v) is 8.43. The highest BCUT2D eigenvalue weighted by Crippen LogP contribution is 2.34. The van der Waals surface area contributed by atoms with Gasteiger partial charge in [-0.15, -0.1) is 5.10 Å². The van der Waals surface area contributed by atoms with Gasteiger partial charge >= 0.3 is 0 Å². The van der Waals surface area contributed by atoms with Crippen LogP contribution < -0.4 is 4.90 Å². The van der Waals surface area contributed by atoms with Crippen LogP contribution in [0.5, 0.6) is 0 Å². The van der Waals surface area contributed by atoms with Crippen molar-refractivity contribution in [2.75, 3.05) is 23.7 Å². The number of halogens is 2. The zero-order chi connectivity index (χ0) is 26.0. The van der Waals surface area contributed by atoms with E-state index < -0.39 is 5.92 Å². The molecular weight excluding hydrogens is 512 g/mol. The summed E-state index contributed by atoms with van der Waals surface area (Å²) in [5.74, 6) is -0.777. The van der Waals surface area contributed by atoms with Gasteiger partial charge in [0.15, 0.2) is 17.0 Å². The average Bonchev–Trinajstić information content (AvgIpc) is 3.45. The summed E-state index contributed by atoms with van der Waals surface area (Å²) in [6.45, 7) is 6.39. The highest BCUT2D eigenvalue weighted by atomic mass is 33.1. The van der Waals surface area contributed by atoms with Gasteiger partial charge in [-0.05, 0) is 40.5 Å². The maximum Gasteiger partial charge on any atom is 0.266 e. The number of hydrogen-bond acceptors (Lipinski definition) is 8. The molecule has 0 spiro atoms. The Kier molecular flexibility index (Phi) is 7.35. The second kappa shape index (κ2) is 10.5. The average molecular weight is 542 g/mol. The van der Waals surface area contributed by atoms with Crippen molar-refractivity contribution in [1.82, 2.24) is 29.9 Å². The minimum atomic E-state index is -2.74. The molecule has 194 valence electrons. The first kappa shape index (κ1) is 25.8. The fraction of sp³-hybridized carbons (Fsp3) is 0.423. The molecule has 7 nitrogen and oxygen atoms in total. The first-order valence-electron chi connectivity index (χ1n) is 12.2. The molecule has 1 aliphatic heterocycles. The minimum Gasteiger partial charge on any atom is -0.348 e. The van der Waals surface area contributed by atoms with Crippen LogP contribution in [0.1, 0.15) is 44.1 Å². The molecule has 37 heavy (non-hydrogen) atoms. The van der Waals surface area contributed by atoms with Gasteiger partial charge in [0.2, 0.25) is 0 Å². The summed E-state index contributed by atoms with van der Waals surface area (Å²) in [7, 11) is 3.45. The van der Waals surface area contributed by atoms with Gasteiger partial charge in [-0.2, -0.15) is 0 Å². The molecule has 0 aliphatic carbocycles.